The van der Waals surface area contributed by atoms with Gasteiger partial charge in [0.25, 0.3) is 0 Å². The van der Waals surface area contributed by atoms with Crippen LogP contribution in [-0.4, -0.2) is 31.2 Å². The zero-order chi connectivity index (χ0) is 13.5. The fourth-order valence-corrected chi connectivity index (χ4v) is 1.77. The van der Waals surface area contributed by atoms with Crippen molar-refractivity contribution in [2.24, 2.45) is 5.92 Å². The van der Waals surface area contributed by atoms with Gasteiger partial charge in [-0.3, -0.25) is 0 Å². The van der Waals surface area contributed by atoms with Crippen LogP contribution < -0.4 is 14.8 Å². The van der Waals surface area contributed by atoms with Crippen LogP contribution >= 0.6 is 0 Å². The summed E-state index contributed by atoms with van der Waals surface area (Å²) in [7, 11) is 5.09. The van der Waals surface area contributed by atoms with Crippen molar-refractivity contribution in [3.63, 3.8) is 0 Å². The van der Waals surface area contributed by atoms with E-state index in [1.54, 1.807) is 20.4 Å². The van der Waals surface area contributed by atoms with Gasteiger partial charge in [-0.25, -0.2) is 4.98 Å². The van der Waals surface area contributed by atoms with Crippen molar-refractivity contribution in [3.8, 4) is 11.8 Å². The Morgan fingerprint density at radius 2 is 1.94 bits per heavy atom. The highest BCUT2D eigenvalue weighted by Gasteiger charge is 2.18. The van der Waals surface area contributed by atoms with Gasteiger partial charge in [0.2, 0.25) is 11.8 Å². The Balaban J connectivity index is 2.90. The quantitative estimate of drug-likeness (QED) is 0.807. The van der Waals surface area contributed by atoms with E-state index < -0.39 is 0 Å². The molecular formula is C13H23N3O2. The maximum Gasteiger partial charge on any atom is 0.240 e. The Morgan fingerprint density at radius 3 is 2.44 bits per heavy atom. The summed E-state index contributed by atoms with van der Waals surface area (Å²) in [6.45, 7) is 4.42. The van der Waals surface area contributed by atoms with E-state index in [1.165, 1.54) is 0 Å². The van der Waals surface area contributed by atoms with Crippen molar-refractivity contribution in [1.29, 1.82) is 0 Å². The van der Waals surface area contributed by atoms with Crippen molar-refractivity contribution in [2.45, 2.75) is 32.7 Å². The molecule has 0 aliphatic carbocycles. The molecule has 0 fully saturated rings. The summed E-state index contributed by atoms with van der Waals surface area (Å²) in [6, 6.07) is 0.153. The van der Waals surface area contributed by atoms with Crippen molar-refractivity contribution >= 4 is 0 Å². The van der Waals surface area contributed by atoms with Gasteiger partial charge in [-0.1, -0.05) is 13.8 Å². The van der Waals surface area contributed by atoms with E-state index in [2.05, 4.69) is 29.1 Å². The number of nitrogens with zero attached hydrogens (tertiary/aromatic N) is 2. The minimum atomic E-state index is 0.153. The molecule has 1 N–H and O–H groups in total. The van der Waals surface area contributed by atoms with Crippen LogP contribution in [0.3, 0.4) is 0 Å². The number of methoxy groups -OCH3 is 2. The molecule has 0 bridgehead atoms. The molecule has 102 valence electrons. The largest absolute Gasteiger partial charge is 0.480 e. The van der Waals surface area contributed by atoms with Crippen LogP contribution in [0.4, 0.5) is 0 Å². The summed E-state index contributed by atoms with van der Waals surface area (Å²) in [5, 5.41) is 3.26. The molecular weight excluding hydrogens is 230 g/mol. The second-order valence-corrected chi connectivity index (χ2v) is 4.62. The van der Waals surface area contributed by atoms with Crippen molar-refractivity contribution in [3.05, 3.63) is 11.9 Å². The molecule has 1 aromatic rings. The summed E-state index contributed by atoms with van der Waals surface area (Å²) >= 11 is 0. The predicted octanol–water partition coefficient (Wildman–Crippen LogP) is 2.19. The van der Waals surface area contributed by atoms with Gasteiger partial charge < -0.3 is 14.8 Å². The highest BCUT2D eigenvalue weighted by Crippen LogP contribution is 2.27. The molecule has 1 rings (SSSR count). The fraction of sp³-hybridized carbons (Fsp3) is 0.692. The highest BCUT2D eigenvalue weighted by molar-refractivity contribution is 5.25. The second-order valence-electron chi connectivity index (χ2n) is 4.62. The normalized spacial score (nSPS) is 12.6. The minimum absolute atomic E-state index is 0.153. The van der Waals surface area contributed by atoms with Gasteiger partial charge in [0.15, 0.2) is 0 Å². The molecule has 0 radical (unpaired) electrons. The van der Waals surface area contributed by atoms with E-state index >= 15 is 0 Å². The molecule has 18 heavy (non-hydrogen) atoms. The number of rotatable bonds is 7. The molecule has 0 saturated carbocycles. The van der Waals surface area contributed by atoms with E-state index in [4.69, 9.17) is 9.47 Å². The van der Waals surface area contributed by atoms with Crippen LogP contribution in [0.25, 0.3) is 0 Å². The molecule has 0 saturated heterocycles. The Morgan fingerprint density at radius 1 is 1.22 bits per heavy atom. The third-order valence-electron chi connectivity index (χ3n) is 2.86. The summed E-state index contributed by atoms with van der Waals surface area (Å²) < 4.78 is 10.3. The van der Waals surface area contributed by atoms with Crippen molar-refractivity contribution < 1.29 is 9.47 Å². The van der Waals surface area contributed by atoms with Gasteiger partial charge in [0, 0.05) is 0 Å². The summed E-state index contributed by atoms with van der Waals surface area (Å²) in [5.41, 5.74) is 0.835. The lowest BCUT2D eigenvalue weighted by Gasteiger charge is -2.18. The topological polar surface area (TPSA) is 56.3 Å². The van der Waals surface area contributed by atoms with Crippen LogP contribution in [0.1, 0.15) is 38.4 Å². The highest BCUT2D eigenvalue weighted by atomic mass is 16.5. The molecule has 0 aliphatic heterocycles. The van der Waals surface area contributed by atoms with E-state index in [0.717, 1.165) is 18.5 Å². The van der Waals surface area contributed by atoms with Gasteiger partial charge >= 0.3 is 0 Å². The number of hydrogen-bond donors (Lipinski definition) is 1. The molecule has 1 unspecified atom stereocenters. The third-order valence-corrected chi connectivity index (χ3v) is 2.86. The van der Waals surface area contributed by atoms with Crippen LogP contribution in [-0.2, 0) is 0 Å². The van der Waals surface area contributed by atoms with Crippen molar-refractivity contribution in [1.82, 2.24) is 15.3 Å². The van der Waals surface area contributed by atoms with Gasteiger partial charge in [-0.2, -0.15) is 4.98 Å². The number of nitrogens with one attached hydrogen (secondary N) is 1. The lowest BCUT2D eigenvalue weighted by atomic mass is 10.0. The summed E-state index contributed by atoms with van der Waals surface area (Å²) in [5.74, 6) is 1.66. The van der Waals surface area contributed by atoms with Gasteiger partial charge in [0.05, 0.1) is 26.5 Å². The van der Waals surface area contributed by atoms with Crippen LogP contribution in [0.15, 0.2) is 6.20 Å². The van der Waals surface area contributed by atoms with E-state index in [1.807, 2.05) is 7.05 Å². The maximum atomic E-state index is 5.28. The SMILES string of the molecule is CNC(CCC(C)C)c1ncc(OC)nc1OC. The minimum Gasteiger partial charge on any atom is -0.480 e. The average Bonchev–Trinajstić information content (AvgIpc) is 2.39. The lowest BCUT2D eigenvalue weighted by molar-refractivity contribution is 0.346. The first-order chi connectivity index (χ1) is 8.62. The number of aromatic nitrogens is 2. The summed E-state index contributed by atoms with van der Waals surface area (Å²) in [6.07, 6.45) is 3.76. The van der Waals surface area contributed by atoms with Gasteiger partial charge in [-0.15, -0.1) is 0 Å². The van der Waals surface area contributed by atoms with Crippen LogP contribution in [0.5, 0.6) is 11.8 Å². The molecule has 5 heteroatoms. The Bertz CT molecular complexity index is 369. The van der Waals surface area contributed by atoms with Crippen molar-refractivity contribution in [2.75, 3.05) is 21.3 Å². The first-order valence-electron chi connectivity index (χ1n) is 6.24. The molecule has 1 heterocycles. The molecule has 0 aliphatic rings. The standard InChI is InChI=1S/C13H23N3O2/c1-9(2)6-7-10(14-3)12-13(18-5)16-11(17-4)8-15-12/h8-10,14H,6-7H2,1-5H3. The van der Waals surface area contributed by atoms with E-state index in [9.17, 15) is 0 Å². The summed E-state index contributed by atoms with van der Waals surface area (Å²) in [4.78, 5) is 8.65. The molecule has 0 spiro atoms. The predicted molar refractivity (Wildman–Crippen MR) is 71.0 cm³/mol. The molecule has 0 amide bonds. The molecule has 5 nitrogen and oxygen atoms in total. The van der Waals surface area contributed by atoms with Crippen LogP contribution in [0.2, 0.25) is 0 Å². The van der Waals surface area contributed by atoms with Crippen LogP contribution in [0, 0.1) is 5.92 Å². The first-order valence-corrected chi connectivity index (χ1v) is 6.24. The lowest BCUT2D eigenvalue weighted by Crippen LogP contribution is -2.19. The fourth-order valence-electron chi connectivity index (χ4n) is 1.77. The number of ether oxygens (including phenoxy) is 2. The monoisotopic (exact) mass is 253 g/mol. The zero-order valence-electron chi connectivity index (χ0n) is 11.9. The Hall–Kier alpha value is -1.36. The third kappa shape index (κ3) is 3.84. The second kappa shape index (κ2) is 7.16. The zero-order valence-corrected chi connectivity index (χ0v) is 11.9. The molecule has 1 aromatic heterocycles. The smallest absolute Gasteiger partial charge is 0.240 e. The number of hydrogen-bond acceptors (Lipinski definition) is 5. The molecule has 0 aromatic carbocycles. The Kier molecular flexibility index (Phi) is 5.85. The van der Waals surface area contributed by atoms with E-state index in [-0.39, 0.29) is 6.04 Å². The Labute approximate surface area is 109 Å². The first kappa shape index (κ1) is 14.7. The average molecular weight is 253 g/mol. The van der Waals surface area contributed by atoms with E-state index in [0.29, 0.717) is 17.7 Å². The molecule has 1 atom stereocenters. The van der Waals surface area contributed by atoms with Gasteiger partial charge in [-0.05, 0) is 25.8 Å². The van der Waals surface area contributed by atoms with Gasteiger partial charge in [0.1, 0.15) is 5.69 Å². The maximum absolute atomic E-state index is 5.28.